The molecule has 0 saturated heterocycles. The minimum absolute atomic E-state index is 0.279. The molecule has 0 aliphatic rings. The standard InChI is InChI=1S/C12H13BrO2/c13-9-5-4-6-11(14)10-15-12-7-2-1-3-8-12/h1-3,7-8,11,14H,6,9-10H2. The number of aliphatic hydroxyl groups excluding tert-OH is 1. The molecule has 15 heavy (non-hydrogen) atoms. The minimum Gasteiger partial charge on any atom is -0.491 e. The van der Waals surface area contributed by atoms with Crippen LogP contribution in [0.15, 0.2) is 30.3 Å². The molecule has 1 aromatic carbocycles. The van der Waals surface area contributed by atoms with E-state index in [9.17, 15) is 5.11 Å². The number of hydrogen-bond donors (Lipinski definition) is 1. The lowest BCUT2D eigenvalue weighted by Crippen LogP contribution is -2.16. The van der Waals surface area contributed by atoms with Crippen molar-refractivity contribution in [3.8, 4) is 17.6 Å². The predicted octanol–water partition coefficient (Wildman–Crippen LogP) is 2.21. The van der Waals surface area contributed by atoms with Gasteiger partial charge in [-0.05, 0) is 12.1 Å². The molecular weight excluding hydrogens is 256 g/mol. The van der Waals surface area contributed by atoms with Crippen LogP contribution in [0.4, 0.5) is 0 Å². The Labute approximate surface area is 98.4 Å². The number of hydrogen-bond acceptors (Lipinski definition) is 2. The van der Waals surface area contributed by atoms with Crippen LogP contribution in [0, 0.1) is 11.8 Å². The van der Waals surface area contributed by atoms with Crippen molar-refractivity contribution in [2.75, 3.05) is 11.9 Å². The molecule has 0 heterocycles. The van der Waals surface area contributed by atoms with Gasteiger partial charge in [0, 0.05) is 6.42 Å². The third-order valence-electron chi connectivity index (χ3n) is 1.72. The average molecular weight is 269 g/mol. The third-order valence-corrected chi connectivity index (χ3v) is 2.00. The molecule has 3 heteroatoms. The van der Waals surface area contributed by atoms with Gasteiger partial charge in [0.25, 0.3) is 0 Å². The fourth-order valence-electron chi connectivity index (χ4n) is 1.01. The van der Waals surface area contributed by atoms with E-state index in [0.717, 1.165) is 5.75 Å². The van der Waals surface area contributed by atoms with Gasteiger partial charge in [-0.1, -0.05) is 46.0 Å². The van der Waals surface area contributed by atoms with E-state index in [0.29, 0.717) is 11.8 Å². The normalized spacial score (nSPS) is 11.3. The Balaban J connectivity index is 2.25. The largest absolute Gasteiger partial charge is 0.491 e. The highest BCUT2D eigenvalue weighted by Crippen LogP contribution is 2.08. The summed E-state index contributed by atoms with van der Waals surface area (Å²) in [5.41, 5.74) is 0. The molecule has 0 amide bonds. The van der Waals surface area contributed by atoms with Crippen molar-refractivity contribution in [3.05, 3.63) is 30.3 Å². The van der Waals surface area contributed by atoms with E-state index in [-0.39, 0.29) is 6.61 Å². The van der Waals surface area contributed by atoms with Gasteiger partial charge < -0.3 is 9.84 Å². The molecule has 1 atom stereocenters. The molecule has 0 bridgehead atoms. The van der Waals surface area contributed by atoms with Crippen molar-refractivity contribution in [1.82, 2.24) is 0 Å². The molecule has 2 nitrogen and oxygen atoms in total. The number of benzene rings is 1. The van der Waals surface area contributed by atoms with Crippen molar-refractivity contribution in [3.63, 3.8) is 0 Å². The van der Waals surface area contributed by atoms with Gasteiger partial charge in [0.1, 0.15) is 12.4 Å². The molecule has 80 valence electrons. The lowest BCUT2D eigenvalue weighted by molar-refractivity contribution is 0.111. The first-order valence-electron chi connectivity index (χ1n) is 4.70. The molecule has 0 aromatic heterocycles. The summed E-state index contributed by atoms with van der Waals surface area (Å²) in [7, 11) is 0. The Kier molecular flexibility index (Phi) is 5.91. The van der Waals surface area contributed by atoms with Crippen LogP contribution in [0.3, 0.4) is 0 Å². The number of ether oxygens (including phenoxy) is 1. The first-order chi connectivity index (χ1) is 7.33. The number of para-hydroxylation sites is 1. The second kappa shape index (κ2) is 7.33. The highest BCUT2D eigenvalue weighted by atomic mass is 79.9. The first-order valence-corrected chi connectivity index (χ1v) is 5.82. The zero-order valence-corrected chi connectivity index (χ0v) is 9.90. The topological polar surface area (TPSA) is 29.5 Å². The lowest BCUT2D eigenvalue weighted by atomic mass is 10.3. The van der Waals surface area contributed by atoms with E-state index >= 15 is 0 Å². The Morgan fingerprint density at radius 3 is 2.67 bits per heavy atom. The molecule has 1 unspecified atom stereocenters. The fraction of sp³-hybridized carbons (Fsp3) is 0.333. The van der Waals surface area contributed by atoms with E-state index in [4.69, 9.17) is 4.74 Å². The molecule has 1 N–H and O–H groups in total. The Bertz CT molecular complexity index is 326. The SMILES string of the molecule is OC(CC#CCBr)COc1ccccc1. The smallest absolute Gasteiger partial charge is 0.119 e. The zero-order chi connectivity index (χ0) is 10.9. The molecule has 0 spiro atoms. The maximum Gasteiger partial charge on any atom is 0.119 e. The van der Waals surface area contributed by atoms with E-state index in [1.165, 1.54) is 0 Å². The molecule has 0 fully saturated rings. The van der Waals surface area contributed by atoms with Crippen molar-refractivity contribution >= 4 is 15.9 Å². The predicted molar refractivity (Wildman–Crippen MR) is 64.1 cm³/mol. The molecule has 0 aliphatic carbocycles. The van der Waals surface area contributed by atoms with Crippen LogP contribution in [0.25, 0.3) is 0 Å². The molecule has 1 rings (SSSR count). The van der Waals surface area contributed by atoms with Crippen molar-refractivity contribution in [2.24, 2.45) is 0 Å². The van der Waals surface area contributed by atoms with Crippen LogP contribution in [-0.2, 0) is 0 Å². The van der Waals surface area contributed by atoms with Crippen LogP contribution in [0.1, 0.15) is 6.42 Å². The molecule has 0 radical (unpaired) electrons. The lowest BCUT2D eigenvalue weighted by Gasteiger charge is -2.09. The number of aliphatic hydroxyl groups is 1. The van der Waals surface area contributed by atoms with Crippen LogP contribution >= 0.6 is 15.9 Å². The molecular formula is C12H13BrO2. The molecule has 0 saturated carbocycles. The maximum atomic E-state index is 9.49. The van der Waals surface area contributed by atoms with Gasteiger partial charge in [-0.15, -0.1) is 0 Å². The van der Waals surface area contributed by atoms with Gasteiger partial charge in [0.05, 0.1) is 11.4 Å². The summed E-state index contributed by atoms with van der Waals surface area (Å²) < 4.78 is 5.37. The maximum absolute atomic E-state index is 9.49. The highest BCUT2D eigenvalue weighted by molar-refractivity contribution is 9.09. The molecule has 1 aromatic rings. The van der Waals surface area contributed by atoms with Crippen LogP contribution in [0.2, 0.25) is 0 Å². The Morgan fingerprint density at radius 1 is 1.27 bits per heavy atom. The van der Waals surface area contributed by atoms with Gasteiger partial charge in [-0.25, -0.2) is 0 Å². The summed E-state index contributed by atoms with van der Waals surface area (Å²) >= 11 is 3.19. The average Bonchev–Trinajstić information content (AvgIpc) is 2.28. The van der Waals surface area contributed by atoms with Gasteiger partial charge in [0.15, 0.2) is 0 Å². The monoisotopic (exact) mass is 268 g/mol. The Morgan fingerprint density at radius 2 is 2.00 bits per heavy atom. The van der Waals surface area contributed by atoms with Crippen molar-refractivity contribution in [1.29, 1.82) is 0 Å². The Hall–Kier alpha value is -0.980. The van der Waals surface area contributed by atoms with Crippen molar-refractivity contribution < 1.29 is 9.84 Å². The summed E-state index contributed by atoms with van der Waals surface area (Å²) in [6.45, 7) is 0.279. The summed E-state index contributed by atoms with van der Waals surface area (Å²) in [6.07, 6.45) is -0.0879. The zero-order valence-electron chi connectivity index (χ0n) is 8.32. The van der Waals surface area contributed by atoms with Gasteiger partial charge >= 0.3 is 0 Å². The summed E-state index contributed by atoms with van der Waals surface area (Å²) in [4.78, 5) is 0. The number of alkyl halides is 1. The third kappa shape index (κ3) is 5.46. The number of halogens is 1. The van der Waals surface area contributed by atoms with Crippen LogP contribution < -0.4 is 4.74 Å². The van der Waals surface area contributed by atoms with Crippen LogP contribution in [0.5, 0.6) is 5.75 Å². The highest BCUT2D eigenvalue weighted by Gasteiger charge is 2.02. The van der Waals surface area contributed by atoms with E-state index in [2.05, 4.69) is 27.8 Å². The fourth-order valence-corrected chi connectivity index (χ4v) is 1.20. The van der Waals surface area contributed by atoms with Crippen LogP contribution in [-0.4, -0.2) is 23.1 Å². The van der Waals surface area contributed by atoms with Crippen molar-refractivity contribution in [2.45, 2.75) is 12.5 Å². The van der Waals surface area contributed by atoms with E-state index < -0.39 is 6.10 Å². The van der Waals surface area contributed by atoms with Gasteiger partial charge in [0.2, 0.25) is 0 Å². The van der Waals surface area contributed by atoms with E-state index in [1.807, 2.05) is 30.3 Å². The number of rotatable bonds is 4. The van der Waals surface area contributed by atoms with Gasteiger partial charge in [-0.3, -0.25) is 0 Å². The minimum atomic E-state index is -0.531. The summed E-state index contributed by atoms with van der Waals surface area (Å²) in [5.74, 6) is 6.44. The summed E-state index contributed by atoms with van der Waals surface area (Å²) in [6, 6.07) is 9.43. The molecule has 0 aliphatic heterocycles. The van der Waals surface area contributed by atoms with E-state index in [1.54, 1.807) is 0 Å². The summed E-state index contributed by atoms with van der Waals surface area (Å²) in [5, 5.41) is 10.1. The van der Waals surface area contributed by atoms with Gasteiger partial charge in [-0.2, -0.15) is 0 Å². The second-order valence-corrected chi connectivity index (χ2v) is 3.53. The quantitative estimate of drug-likeness (QED) is 0.670. The first kappa shape index (κ1) is 12.1. The second-order valence-electron chi connectivity index (χ2n) is 2.97.